The van der Waals surface area contributed by atoms with Crippen molar-refractivity contribution >= 4 is 0 Å². The van der Waals surface area contributed by atoms with E-state index >= 15 is 0 Å². The number of hydrogen-bond acceptors (Lipinski definition) is 2. The van der Waals surface area contributed by atoms with Crippen LogP contribution in [0, 0.1) is 11.6 Å². The molecular formula is C11H15F2NO. The summed E-state index contributed by atoms with van der Waals surface area (Å²) in [7, 11) is 0. The van der Waals surface area contributed by atoms with Crippen LogP contribution in [0.2, 0.25) is 0 Å². The van der Waals surface area contributed by atoms with Crippen LogP contribution in [0.1, 0.15) is 18.9 Å². The van der Waals surface area contributed by atoms with Gasteiger partial charge >= 0.3 is 0 Å². The first-order valence-corrected chi connectivity index (χ1v) is 4.96. The molecule has 0 saturated heterocycles. The van der Waals surface area contributed by atoms with Crippen molar-refractivity contribution in [1.82, 2.24) is 5.32 Å². The fraction of sp³-hybridized carbons (Fsp3) is 0.455. The fourth-order valence-corrected chi connectivity index (χ4v) is 1.29. The van der Waals surface area contributed by atoms with Gasteiger partial charge in [0.25, 0.3) is 0 Å². The van der Waals surface area contributed by atoms with Crippen LogP contribution in [0.25, 0.3) is 0 Å². The lowest BCUT2D eigenvalue weighted by molar-refractivity contribution is 0.237. The summed E-state index contributed by atoms with van der Waals surface area (Å²) < 4.78 is 26.3. The SMILES string of the molecule is CC[C@@H](CO)NCc1c(F)cccc1F. The quantitative estimate of drug-likeness (QED) is 0.785. The van der Waals surface area contributed by atoms with E-state index in [4.69, 9.17) is 5.11 Å². The molecule has 0 aliphatic heterocycles. The standard InChI is InChI=1S/C11H15F2NO/c1-2-8(7-15)14-6-9-10(12)4-3-5-11(9)13/h3-5,8,14-15H,2,6-7H2,1H3/t8-/m0/s1. The van der Waals surface area contributed by atoms with Crippen LogP contribution in [0.5, 0.6) is 0 Å². The predicted molar refractivity (Wildman–Crippen MR) is 54.4 cm³/mol. The summed E-state index contributed by atoms with van der Waals surface area (Å²) in [6.45, 7) is 1.95. The van der Waals surface area contributed by atoms with Crippen molar-refractivity contribution < 1.29 is 13.9 Å². The van der Waals surface area contributed by atoms with E-state index in [0.717, 1.165) is 0 Å². The summed E-state index contributed by atoms with van der Waals surface area (Å²) in [4.78, 5) is 0. The molecule has 2 N–H and O–H groups in total. The molecule has 0 saturated carbocycles. The number of rotatable bonds is 5. The molecule has 0 bridgehead atoms. The molecule has 0 heterocycles. The van der Waals surface area contributed by atoms with Crippen LogP contribution in [-0.4, -0.2) is 17.8 Å². The number of aliphatic hydroxyl groups excluding tert-OH is 1. The van der Waals surface area contributed by atoms with Gasteiger partial charge in [0, 0.05) is 18.2 Å². The Morgan fingerprint density at radius 2 is 1.93 bits per heavy atom. The first-order valence-electron chi connectivity index (χ1n) is 4.96. The maximum atomic E-state index is 13.2. The molecule has 0 aromatic heterocycles. The zero-order valence-electron chi connectivity index (χ0n) is 8.63. The molecule has 0 radical (unpaired) electrons. The minimum Gasteiger partial charge on any atom is -0.395 e. The van der Waals surface area contributed by atoms with Crippen molar-refractivity contribution in [3.05, 3.63) is 35.4 Å². The molecule has 2 nitrogen and oxygen atoms in total. The molecule has 84 valence electrons. The van der Waals surface area contributed by atoms with E-state index in [1.54, 1.807) is 0 Å². The van der Waals surface area contributed by atoms with E-state index < -0.39 is 11.6 Å². The maximum absolute atomic E-state index is 13.2. The molecule has 1 atom stereocenters. The second-order valence-corrected chi connectivity index (χ2v) is 3.37. The second-order valence-electron chi connectivity index (χ2n) is 3.37. The Morgan fingerprint density at radius 3 is 2.40 bits per heavy atom. The van der Waals surface area contributed by atoms with E-state index in [-0.39, 0.29) is 24.8 Å². The Labute approximate surface area is 87.9 Å². The molecule has 0 spiro atoms. The van der Waals surface area contributed by atoms with Gasteiger partial charge in [-0.3, -0.25) is 0 Å². The smallest absolute Gasteiger partial charge is 0.130 e. The molecule has 0 aliphatic rings. The molecule has 0 fully saturated rings. The molecule has 15 heavy (non-hydrogen) atoms. The van der Waals surface area contributed by atoms with Gasteiger partial charge in [0.2, 0.25) is 0 Å². The lowest BCUT2D eigenvalue weighted by Crippen LogP contribution is -2.31. The molecule has 1 aromatic rings. The average Bonchev–Trinajstić information content (AvgIpc) is 2.23. The molecule has 4 heteroatoms. The number of hydrogen-bond donors (Lipinski definition) is 2. The number of nitrogens with one attached hydrogen (secondary N) is 1. The zero-order valence-corrected chi connectivity index (χ0v) is 8.63. The van der Waals surface area contributed by atoms with Crippen LogP contribution >= 0.6 is 0 Å². The summed E-state index contributed by atoms with van der Waals surface area (Å²) in [5, 5.41) is 11.8. The van der Waals surface area contributed by atoms with Crippen molar-refractivity contribution in [1.29, 1.82) is 0 Å². The van der Waals surface area contributed by atoms with Crippen molar-refractivity contribution in [3.63, 3.8) is 0 Å². The van der Waals surface area contributed by atoms with E-state index in [1.807, 2.05) is 6.92 Å². The predicted octanol–water partition coefficient (Wildman–Crippen LogP) is 1.83. The third-order valence-electron chi connectivity index (χ3n) is 2.34. The highest BCUT2D eigenvalue weighted by Crippen LogP contribution is 2.11. The number of benzene rings is 1. The van der Waals surface area contributed by atoms with Gasteiger partial charge in [-0.25, -0.2) is 8.78 Å². The van der Waals surface area contributed by atoms with Gasteiger partial charge in [0.05, 0.1) is 6.61 Å². The Bertz CT molecular complexity index is 293. The highest BCUT2D eigenvalue weighted by atomic mass is 19.1. The second kappa shape index (κ2) is 5.78. The summed E-state index contributed by atoms with van der Waals surface area (Å²) in [5.41, 5.74) is 0.0180. The molecule has 0 aliphatic carbocycles. The van der Waals surface area contributed by atoms with Gasteiger partial charge in [-0.05, 0) is 18.6 Å². The van der Waals surface area contributed by atoms with Crippen LogP contribution < -0.4 is 5.32 Å². The zero-order chi connectivity index (χ0) is 11.3. The van der Waals surface area contributed by atoms with E-state index in [2.05, 4.69) is 5.32 Å². The van der Waals surface area contributed by atoms with E-state index in [1.165, 1.54) is 18.2 Å². The van der Waals surface area contributed by atoms with Gasteiger partial charge < -0.3 is 10.4 Å². The molecule has 0 unspecified atom stereocenters. The van der Waals surface area contributed by atoms with Gasteiger partial charge in [-0.15, -0.1) is 0 Å². The summed E-state index contributed by atoms with van der Waals surface area (Å²) in [6, 6.07) is 3.65. The van der Waals surface area contributed by atoms with Crippen LogP contribution in [0.3, 0.4) is 0 Å². The largest absolute Gasteiger partial charge is 0.395 e. The van der Waals surface area contributed by atoms with Crippen LogP contribution in [0.15, 0.2) is 18.2 Å². The van der Waals surface area contributed by atoms with Crippen LogP contribution in [0.4, 0.5) is 8.78 Å². The fourth-order valence-electron chi connectivity index (χ4n) is 1.29. The first-order chi connectivity index (χ1) is 7.19. The Hall–Kier alpha value is -1.00. The summed E-state index contributed by atoms with van der Waals surface area (Å²) in [5.74, 6) is -1.12. The Kier molecular flexibility index (Phi) is 4.65. The normalized spacial score (nSPS) is 12.8. The third kappa shape index (κ3) is 3.25. The third-order valence-corrected chi connectivity index (χ3v) is 2.34. The first kappa shape index (κ1) is 12.1. The van der Waals surface area contributed by atoms with E-state index in [0.29, 0.717) is 6.42 Å². The molecular weight excluding hydrogens is 200 g/mol. The van der Waals surface area contributed by atoms with Crippen molar-refractivity contribution in [2.24, 2.45) is 0 Å². The summed E-state index contributed by atoms with van der Waals surface area (Å²) >= 11 is 0. The van der Waals surface area contributed by atoms with Crippen molar-refractivity contribution in [2.45, 2.75) is 25.9 Å². The molecule has 1 aromatic carbocycles. The monoisotopic (exact) mass is 215 g/mol. The lowest BCUT2D eigenvalue weighted by Gasteiger charge is -2.14. The van der Waals surface area contributed by atoms with Crippen molar-refractivity contribution in [2.75, 3.05) is 6.61 Å². The molecule has 0 amide bonds. The van der Waals surface area contributed by atoms with Gasteiger partial charge in [-0.1, -0.05) is 13.0 Å². The van der Waals surface area contributed by atoms with E-state index in [9.17, 15) is 8.78 Å². The van der Waals surface area contributed by atoms with Crippen LogP contribution in [-0.2, 0) is 6.54 Å². The van der Waals surface area contributed by atoms with Gasteiger partial charge in [-0.2, -0.15) is 0 Å². The van der Waals surface area contributed by atoms with Crippen molar-refractivity contribution in [3.8, 4) is 0 Å². The Balaban J connectivity index is 2.64. The number of aliphatic hydroxyl groups is 1. The highest BCUT2D eigenvalue weighted by molar-refractivity contribution is 5.19. The average molecular weight is 215 g/mol. The van der Waals surface area contributed by atoms with Gasteiger partial charge in [0.1, 0.15) is 11.6 Å². The lowest BCUT2D eigenvalue weighted by atomic mass is 10.1. The Morgan fingerprint density at radius 1 is 1.33 bits per heavy atom. The minimum atomic E-state index is -0.560. The summed E-state index contributed by atoms with van der Waals surface area (Å²) in [6.07, 6.45) is 0.715. The number of halogens is 2. The topological polar surface area (TPSA) is 32.3 Å². The maximum Gasteiger partial charge on any atom is 0.130 e. The highest BCUT2D eigenvalue weighted by Gasteiger charge is 2.10. The molecule has 1 rings (SSSR count). The van der Waals surface area contributed by atoms with Gasteiger partial charge in [0.15, 0.2) is 0 Å². The minimum absolute atomic E-state index is 0.0180.